The van der Waals surface area contributed by atoms with Gasteiger partial charge in [0.15, 0.2) is 0 Å². The van der Waals surface area contributed by atoms with Gasteiger partial charge in [-0.05, 0) is 26.3 Å². The Morgan fingerprint density at radius 2 is 2.25 bits per heavy atom. The molecule has 2 N–H and O–H groups in total. The maximum Gasteiger partial charge on any atom is 0.274 e. The molecule has 1 heterocycles. The first kappa shape index (κ1) is 14.5. The van der Waals surface area contributed by atoms with Gasteiger partial charge in [-0.25, -0.2) is 0 Å². The zero-order valence-corrected chi connectivity index (χ0v) is 11.5. The van der Waals surface area contributed by atoms with Crippen LogP contribution in [0, 0.1) is 15.5 Å². The summed E-state index contributed by atoms with van der Waals surface area (Å²) in [4.78, 5) is 22.7. The van der Waals surface area contributed by atoms with Gasteiger partial charge in [-0.15, -0.1) is 0 Å². The van der Waals surface area contributed by atoms with Gasteiger partial charge in [0.1, 0.15) is 0 Å². The Morgan fingerprint density at radius 3 is 2.90 bits per heavy atom. The highest BCUT2D eigenvalue weighted by Gasteiger charge is 2.34. The molecule has 1 aliphatic rings. The van der Waals surface area contributed by atoms with E-state index in [4.69, 9.17) is 0 Å². The van der Waals surface area contributed by atoms with Crippen LogP contribution in [0.3, 0.4) is 0 Å². The molecule has 2 rings (SSSR count). The number of benzene rings is 1. The Hall–Kier alpha value is -1.95. The quantitative estimate of drug-likeness (QED) is 0.646. The van der Waals surface area contributed by atoms with Crippen molar-refractivity contribution >= 4 is 11.6 Å². The largest absolute Gasteiger partial charge is 0.351 e. The summed E-state index contributed by atoms with van der Waals surface area (Å²) in [5, 5.41) is 17.0. The van der Waals surface area contributed by atoms with E-state index in [0.29, 0.717) is 12.1 Å². The fraction of sp³-hybridized carbons (Fsp3) is 0.500. The number of para-hydroxylation sites is 1. The molecule has 0 spiro atoms. The predicted octanol–water partition coefficient (Wildman–Crippen LogP) is 1.60. The van der Waals surface area contributed by atoms with E-state index in [2.05, 4.69) is 10.6 Å². The number of amides is 1. The summed E-state index contributed by atoms with van der Waals surface area (Å²) in [5.41, 5.74) is 0.139. The number of nitro benzene ring substituents is 1. The van der Waals surface area contributed by atoms with Gasteiger partial charge in [-0.1, -0.05) is 18.2 Å². The van der Waals surface area contributed by atoms with Crippen molar-refractivity contribution in [1.82, 2.24) is 10.6 Å². The normalized spacial score (nSPS) is 22.2. The summed E-state index contributed by atoms with van der Waals surface area (Å²) in [5.74, 6) is -0.0529. The fourth-order valence-corrected chi connectivity index (χ4v) is 2.48. The van der Waals surface area contributed by atoms with Gasteiger partial charge >= 0.3 is 0 Å². The summed E-state index contributed by atoms with van der Waals surface area (Å²) >= 11 is 0. The first-order chi connectivity index (χ1) is 9.53. The molecule has 1 aromatic rings. The van der Waals surface area contributed by atoms with Crippen LogP contribution in [0.4, 0.5) is 5.69 Å². The predicted molar refractivity (Wildman–Crippen MR) is 75.2 cm³/mol. The van der Waals surface area contributed by atoms with Gasteiger partial charge in [0.05, 0.1) is 10.3 Å². The molecule has 1 atom stereocenters. The molecular weight excluding hydrogens is 258 g/mol. The highest BCUT2D eigenvalue weighted by Crippen LogP contribution is 2.26. The van der Waals surface area contributed by atoms with Crippen molar-refractivity contribution < 1.29 is 9.72 Å². The van der Waals surface area contributed by atoms with E-state index in [1.54, 1.807) is 18.2 Å². The van der Waals surface area contributed by atoms with E-state index in [1.165, 1.54) is 6.07 Å². The topological polar surface area (TPSA) is 84.3 Å². The third-order valence-electron chi connectivity index (χ3n) is 3.77. The third-order valence-corrected chi connectivity index (χ3v) is 3.77. The lowest BCUT2D eigenvalue weighted by Gasteiger charge is -2.32. The van der Waals surface area contributed by atoms with Crippen molar-refractivity contribution in [3.05, 3.63) is 39.9 Å². The number of rotatable bonds is 4. The second-order valence-electron chi connectivity index (χ2n) is 5.41. The smallest absolute Gasteiger partial charge is 0.274 e. The van der Waals surface area contributed by atoms with Gasteiger partial charge in [0.25, 0.3) is 5.69 Å². The monoisotopic (exact) mass is 277 g/mol. The lowest BCUT2D eigenvalue weighted by atomic mass is 9.82. The molecule has 20 heavy (non-hydrogen) atoms. The molecule has 1 saturated heterocycles. The molecule has 108 valence electrons. The molecule has 1 unspecified atom stereocenters. The maximum atomic E-state index is 12.3. The zero-order valence-electron chi connectivity index (χ0n) is 11.5. The number of carbonyl (C=O) groups is 1. The highest BCUT2D eigenvalue weighted by molar-refractivity contribution is 5.82. The Balaban J connectivity index is 2.02. The average Bonchev–Trinajstić information content (AvgIpc) is 2.45. The van der Waals surface area contributed by atoms with E-state index < -0.39 is 10.3 Å². The van der Waals surface area contributed by atoms with Crippen LogP contribution >= 0.6 is 0 Å². The first-order valence-electron chi connectivity index (χ1n) is 6.74. The second-order valence-corrected chi connectivity index (χ2v) is 5.41. The maximum absolute atomic E-state index is 12.3. The van der Waals surface area contributed by atoms with Gasteiger partial charge in [0, 0.05) is 24.7 Å². The molecule has 1 amide bonds. The summed E-state index contributed by atoms with van der Waals surface area (Å²) in [6.45, 7) is 3.70. The molecule has 6 nitrogen and oxygen atoms in total. The van der Waals surface area contributed by atoms with E-state index >= 15 is 0 Å². The minimum absolute atomic E-state index is 0.0414. The third kappa shape index (κ3) is 3.14. The number of nitro groups is 1. The van der Waals surface area contributed by atoms with Crippen molar-refractivity contribution in [3.8, 4) is 0 Å². The van der Waals surface area contributed by atoms with Crippen LogP contribution in [0.25, 0.3) is 0 Å². The van der Waals surface area contributed by atoms with Gasteiger partial charge < -0.3 is 10.6 Å². The average molecular weight is 277 g/mol. The van der Waals surface area contributed by atoms with Crippen LogP contribution in [0.1, 0.15) is 25.3 Å². The van der Waals surface area contributed by atoms with Crippen LogP contribution in [0.2, 0.25) is 0 Å². The number of nitrogens with zero attached hydrogens (tertiary/aromatic N) is 1. The molecule has 0 radical (unpaired) electrons. The Kier molecular flexibility index (Phi) is 4.34. The molecule has 1 fully saturated rings. The molecular formula is C14H19N3O3. The Bertz CT molecular complexity index is 510. The van der Waals surface area contributed by atoms with Crippen molar-refractivity contribution in [2.75, 3.05) is 13.1 Å². The molecule has 0 saturated carbocycles. The van der Waals surface area contributed by atoms with E-state index in [9.17, 15) is 14.9 Å². The fourth-order valence-electron chi connectivity index (χ4n) is 2.48. The van der Waals surface area contributed by atoms with E-state index in [0.717, 1.165) is 19.4 Å². The van der Waals surface area contributed by atoms with Crippen molar-refractivity contribution in [2.24, 2.45) is 5.41 Å². The number of piperidine rings is 1. The van der Waals surface area contributed by atoms with E-state index in [1.807, 2.05) is 6.92 Å². The van der Waals surface area contributed by atoms with Crippen molar-refractivity contribution in [2.45, 2.75) is 26.3 Å². The standard InChI is InChI=1S/C14H19N3O3/c1-14(7-4-8-15-10-14)13(18)16-9-11-5-2-3-6-12(11)17(19)20/h2-3,5-6,15H,4,7-10H2,1H3,(H,16,18). The Morgan fingerprint density at radius 1 is 1.50 bits per heavy atom. The molecule has 0 bridgehead atoms. The van der Waals surface area contributed by atoms with Crippen LogP contribution in [0.5, 0.6) is 0 Å². The van der Waals surface area contributed by atoms with Gasteiger partial charge in [0.2, 0.25) is 5.91 Å². The molecule has 1 aliphatic heterocycles. The lowest BCUT2D eigenvalue weighted by Crippen LogP contribution is -2.48. The number of carbonyl (C=O) groups excluding carboxylic acids is 1. The van der Waals surface area contributed by atoms with Crippen LogP contribution in [-0.4, -0.2) is 23.9 Å². The zero-order chi connectivity index (χ0) is 14.6. The summed E-state index contributed by atoms with van der Waals surface area (Å²) in [6.07, 6.45) is 1.80. The lowest BCUT2D eigenvalue weighted by molar-refractivity contribution is -0.385. The van der Waals surface area contributed by atoms with Gasteiger partial charge in [-0.3, -0.25) is 14.9 Å². The number of hydrogen-bond donors (Lipinski definition) is 2. The number of hydrogen-bond acceptors (Lipinski definition) is 4. The summed E-state index contributed by atoms with van der Waals surface area (Å²) in [6, 6.07) is 6.47. The molecule has 6 heteroatoms. The minimum Gasteiger partial charge on any atom is -0.351 e. The van der Waals surface area contributed by atoms with Crippen LogP contribution in [0.15, 0.2) is 24.3 Å². The highest BCUT2D eigenvalue weighted by atomic mass is 16.6. The SMILES string of the molecule is CC1(C(=O)NCc2ccccc2[N+](=O)[O-])CCCNC1. The van der Waals surface area contributed by atoms with E-state index in [-0.39, 0.29) is 18.1 Å². The summed E-state index contributed by atoms with van der Waals surface area (Å²) in [7, 11) is 0. The summed E-state index contributed by atoms with van der Waals surface area (Å²) < 4.78 is 0. The second kappa shape index (κ2) is 6.00. The minimum atomic E-state index is -0.429. The number of nitrogens with one attached hydrogen (secondary N) is 2. The van der Waals surface area contributed by atoms with Crippen LogP contribution < -0.4 is 10.6 Å². The molecule has 0 aromatic heterocycles. The van der Waals surface area contributed by atoms with Gasteiger partial charge in [-0.2, -0.15) is 0 Å². The van der Waals surface area contributed by atoms with Crippen LogP contribution in [-0.2, 0) is 11.3 Å². The first-order valence-corrected chi connectivity index (χ1v) is 6.74. The van der Waals surface area contributed by atoms with Crippen molar-refractivity contribution in [3.63, 3.8) is 0 Å². The molecule has 0 aliphatic carbocycles. The van der Waals surface area contributed by atoms with Crippen molar-refractivity contribution in [1.29, 1.82) is 0 Å². The molecule has 1 aromatic carbocycles. The Labute approximate surface area is 117 Å².